The van der Waals surface area contributed by atoms with Crippen LogP contribution in [0.5, 0.6) is 0 Å². The molecule has 0 bridgehead atoms. The fourth-order valence-corrected chi connectivity index (χ4v) is 0.976. The molecule has 0 saturated carbocycles. The van der Waals surface area contributed by atoms with Crippen LogP contribution >= 0.6 is 0 Å². The van der Waals surface area contributed by atoms with Crippen LogP contribution in [0.1, 0.15) is 5.56 Å². The number of carbonyl (C=O) groups is 2. The molecule has 0 aliphatic carbocycles. The van der Waals surface area contributed by atoms with E-state index in [1.807, 2.05) is 0 Å². The molecule has 0 saturated heterocycles. The normalized spacial score (nSPS) is 9.53. The molecule has 5 nitrogen and oxygen atoms in total. The number of aryl methyl sites for hydroxylation is 1. The predicted molar refractivity (Wildman–Crippen MR) is 52.1 cm³/mol. The molecule has 0 unspecified atom stereocenters. The number of halogens is 1. The maximum Gasteiger partial charge on any atom is 0.323 e. The van der Waals surface area contributed by atoms with Gasteiger partial charge in [-0.25, -0.2) is 10.2 Å². The molecule has 15 heavy (non-hydrogen) atoms. The number of amides is 2. The van der Waals surface area contributed by atoms with E-state index in [4.69, 9.17) is 5.84 Å². The second-order valence-corrected chi connectivity index (χ2v) is 2.89. The van der Waals surface area contributed by atoms with Crippen LogP contribution in [0, 0.1) is 12.7 Å². The first-order valence-electron chi connectivity index (χ1n) is 4.12. The Morgan fingerprint density at radius 3 is 2.53 bits per heavy atom. The van der Waals surface area contributed by atoms with Gasteiger partial charge < -0.3 is 5.32 Å². The molecular weight excluding hydrogens is 201 g/mol. The number of hydrazine groups is 1. The van der Waals surface area contributed by atoms with Crippen molar-refractivity contribution < 1.29 is 14.0 Å². The van der Waals surface area contributed by atoms with E-state index in [1.54, 1.807) is 12.3 Å². The van der Waals surface area contributed by atoms with Gasteiger partial charge in [-0.05, 0) is 30.7 Å². The van der Waals surface area contributed by atoms with Crippen molar-refractivity contribution in [3.63, 3.8) is 0 Å². The summed E-state index contributed by atoms with van der Waals surface area (Å²) in [6.45, 7) is 1.55. The van der Waals surface area contributed by atoms with Crippen LogP contribution in [0.3, 0.4) is 0 Å². The summed E-state index contributed by atoms with van der Waals surface area (Å²) in [5.74, 6) is 2.52. The van der Waals surface area contributed by atoms with Gasteiger partial charge in [0, 0.05) is 5.69 Å². The van der Waals surface area contributed by atoms with E-state index in [1.165, 1.54) is 18.2 Å². The largest absolute Gasteiger partial charge is 0.323 e. The van der Waals surface area contributed by atoms with Crippen LogP contribution in [-0.2, 0) is 9.59 Å². The van der Waals surface area contributed by atoms with Gasteiger partial charge in [0.1, 0.15) is 5.82 Å². The average molecular weight is 211 g/mol. The highest BCUT2D eigenvalue weighted by atomic mass is 19.1. The SMILES string of the molecule is Cc1cc(NC(=O)C(=O)NN)ccc1F. The summed E-state index contributed by atoms with van der Waals surface area (Å²) in [6, 6.07) is 3.96. The first-order valence-corrected chi connectivity index (χ1v) is 4.12. The van der Waals surface area contributed by atoms with Gasteiger partial charge in [0.15, 0.2) is 0 Å². The van der Waals surface area contributed by atoms with Crippen molar-refractivity contribution in [2.75, 3.05) is 5.32 Å². The lowest BCUT2D eigenvalue weighted by Crippen LogP contribution is -2.39. The monoisotopic (exact) mass is 211 g/mol. The third kappa shape index (κ3) is 2.75. The lowest BCUT2D eigenvalue weighted by atomic mass is 10.2. The number of anilines is 1. The summed E-state index contributed by atoms with van der Waals surface area (Å²) >= 11 is 0. The van der Waals surface area contributed by atoms with E-state index in [0.717, 1.165) is 0 Å². The molecule has 4 N–H and O–H groups in total. The van der Waals surface area contributed by atoms with Crippen molar-refractivity contribution in [1.82, 2.24) is 5.43 Å². The van der Waals surface area contributed by atoms with Crippen LogP contribution in [0.25, 0.3) is 0 Å². The zero-order valence-electron chi connectivity index (χ0n) is 8.00. The van der Waals surface area contributed by atoms with Crippen LogP contribution in [0.4, 0.5) is 10.1 Å². The van der Waals surface area contributed by atoms with Crippen molar-refractivity contribution in [3.8, 4) is 0 Å². The number of carbonyl (C=O) groups excluding carboxylic acids is 2. The lowest BCUT2D eigenvalue weighted by molar-refractivity contribution is -0.136. The molecule has 6 heteroatoms. The minimum absolute atomic E-state index is 0.336. The summed E-state index contributed by atoms with van der Waals surface area (Å²) in [5, 5.41) is 2.26. The first kappa shape index (κ1) is 11.1. The summed E-state index contributed by atoms with van der Waals surface area (Å²) in [5.41, 5.74) is 2.40. The third-order valence-corrected chi connectivity index (χ3v) is 1.75. The number of rotatable bonds is 1. The molecule has 1 rings (SSSR count). The minimum atomic E-state index is -0.961. The molecule has 2 amide bonds. The predicted octanol–water partition coefficient (Wildman–Crippen LogP) is 0.0625. The van der Waals surface area contributed by atoms with E-state index in [0.29, 0.717) is 11.3 Å². The van der Waals surface area contributed by atoms with Gasteiger partial charge in [0.2, 0.25) is 0 Å². The quantitative estimate of drug-likeness (QED) is 0.266. The maximum atomic E-state index is 12.8. The van der Waals surface area contributed by atoms with Gasteiger partial charge in [-0.1, -0.05) is 0 Å². The Balaban J connectivity index is 2.77. The van der Waals surface area contributed by atoms with Crippen molar-refractivity contribution in [3.05, 3.63) is 29.6 Å². The highest BCUT2D eigenvalue weighted by molar-refractivity contribution is 6.39. The Bertz CT molecular complexity index is 406. The molecule has 0 heterocycles. The molecule has 1 aromatic carbocycles. The fourth-order valence-electron chi connectivity index (χ4n) is 0.976. The van der Waals surface area contributed by atoms with Crippen molar-refractivity contribution in [2.24, 2.45) is 5.84 Å². The third-order valence-electron chi connectivity index (χ3n) is 1.75. The van der Waals surface area contributed by atoms with Gasteiger partial charge >= 0.3 is 11.8 Å². The summed E-state index contributed by atoms with van der Waals surface area (Å²) in [4.78, 5) is 21.8. The van der Waals surface area contributed by atoms with Gasteiger partial charge in [-0.3, -0.25) is 15.0 Å². The summed E-state index contributed by atoms with van der Waals surface area (Å²) in [6.07, 6.45) is 0. The Kier molecular flexibility index (Phi) is 3.35. The van der Waals surface area contributed by atoms with Crippen molar-refractivity contribution in [2.45, 2.75) is 6.92 Å². The highest BCUT2D eigenvalue weighted by Crippen LogP contribution is 2.13. The zero-order valence-corrected chi connectivity index (χ0v) is 8.00. The second-order valence-electron chi connectivity index (χ2n) is 2.89. The van der Waals surface area contributed by atoms with Gasteiger partial charge in [-0.2, -0.15) is 0 Å². The maximum absolute atomic E-state index is 12.8. The molecule has 0 aromatic heterocycles. The van der Waals surface area contributed by atoms with Crippen LogP contribution in [0.2, 0.25) is 0 Å². The standard InChI is InChI=1S/C9H10FN3O2/c1-5-4-6(2-3-7(5)10)12-8(14)9(15)13-11/h2-4H,11H2,1H3,(H,12,14)(H,13,15). The average Bonchev–Trinajstić information content (AvgIpc) is 2.22. The van der Waals surface area contributed by atoms with Crippen molar-refractivity contribution in [1.29, 1.82) is 0 Å². The molecule has 0 spiro atoms. The summed E-state index contributed by atoms with van der Waals surface area (Å²) in [7, 11) is 0. The van der Waals surface area contributed by atoms with E-state index in [2.05, 4.69) is 5.32 Å². The molecule has 0 fully saturated rings. The molecule has 80 valence electrons. The van der Waals surface area contributed by atoms with Crippen molar-refractivity contribution >= 4 is 17.5 Å². The topological polar surface area (TPSA) is 84.2 Å². The van der Waals surface area contributed by atoms with E-state index < -0.39 is 11.8 Å². The molecule has 0 aliphatic rings. The lowest BCUT2D eigenvalue weighted by Gasteiger charge is -2.04. The van der Waals surface area contributed by atoms with Crippen LogP contribution < -0.4 is 16.6 Å². The molecule has 1 aromatic rings. The second kappa shape index (κ2) is 4.52. The molecular formula is C9H10FN3O2. The Labute approximate surface area is 85.4 Å². The van der Waals surface area contributed by atoms with E-state index in [9.17, 15) is 14.0 Å². The van der Waals surface area contributed by atoms with Gasteiger partial charge in [0.05, 0.1) is 0 Å². The number of hydrogen-bond acceptors (Lipinski definition) is 3. The first-order chi connectivity index (χ1) is 7.04. The number of hydrogen-bond donors (Lipinski definition) is 3. The Hall–Kier alpha value is -1.95. The minimum Gasteiger partial charge on any atom is -0.318 e. The smallest absolute Gasteiger partial charge is 0.318 e. The van der Waals surface area contributed by atoms with Gasteiger partial charge in [0.25, 0.3) is 0 Å². The van der Waals surface area contributed by atoms with E-state index in [-0.39, 0.29) is 5.82 Å². The van der Waals surface area contributed by atoms with Crippen LogP contribution in [-0.4, -0.2) is 11.8 Å². The Morgan fingerprint density at radius 2 is 2.00 bits per heavy atom. The van der Waals surface area contributed by atoms with Crippen LogP contribution in [0.15, 0.2) is 18.2 Å². The van der Waals surface area contributed by atoms with Gasteiger partial charge in [-0.15, -0.1) is 0 Å². The molecule has 0 atom stereocenters. The Morgan fingerprint density at radius 1 is 1.33 bits per heavy atom. The molecule has 0 aliphatic heterocycles. The number of nitrogens with one attached hydrogen (secondary N) is 2. The number of nitrogens with two attached hydrogens (primary N) is 1. The van der Waals surface area contributed by atoms with E-state index >= 15 is 0 Å². The summed E-state index contributed by atoms with van der Waals surface area (Å²) < 4.78 is 12.8. The molecule has 0 radical (unpaired) electrons. The highest BCUT2D eigenvalue weighted by Gasteiger charge is 2.11. The zero-order chi connectivity index (χ0) is 11.4. The fraction of sp³-hybridized carbons (Fsp3) is 0.111. The number of benzene rings is 1.